The molecule has 0 amide bonds. The molecule has 0 radical (unpaired) electrons. The lowest BCUT2D eigenvalue weighted by atomic mass is 9.96. The summed E-state index contributed by atoms with van der Waals surface area (Å²) in [7, 11) is 0. The van der Waals surface area contributed by atoms with Gasteiger partial charge in [-0.15, -0.1) is 13.2 Å². The summed E-state index contributed by atoms with van der Waals surface area (Å²) in [5.41, 5.74) is -2.05. The lowest BCUT2D eigenvalue weighted by molar-refractivity contribution is -0.484. The smallest absolute Gasteiger partial charge is 0.287 e. The van der Waals surface area contributed by atoms with Crippen molar-refractivity contribution in [2.24, 2.45) is 5.92 Å². The molecule has 0 unspecified atom stereocenters. The third-order valence-corrected chi connectivity index (χ3v) is 2.97. The van der Waals surface area contributed by atoms with Gasteiger partial charge in [0.25, 0.3) is 17.1 Å². The largest absolute Gasteiger partial charge is 0.382 e. The number of hydrogen-bond acceptors (Lipinski definition) is 8. The minimum atomic E-state index is -1.72. The van der Waals surface area contributed by atoms with Crippen molar-refractivity contribution >= 4 is 0 Å². The van der Waals surface area contributed by atoms with E-state index in [1.54, 1.807) is 0 Å². The summed E-state index contributed by atoms with van der Waals surface area (Å²) in [6, 6.07) is 0. The Kier molecular flexibility index (Phi) is 6.35. The highest BCUT2D eigenvalue weighted by Crippen LogP contribution is 2.33. The van der Waals surface area contributed by atoms with Gasteiger partial charge in [0.2, 0.25) is 5.92 Å². The van der Waals surface area contributed by atoms with Crippen molar-refractivity contribution in [3.8, 4) is 0 Å². The maximum absolute atomic E-state index is 11.3. The van der Waals surface area contributed by atoms with E-state index in [0.717, 1.165) is 18.6 Å². The van der Waals surface area contributed by atoms with Crippen molar-refractivity contribution in [2.75, 3.05) is 13.1 Å². The molecular formula is C13H15N5O6. The molecule has 24 heavy (non-hydrogen) atoms. The Labute approximate surface area is 136 Å². The van der Waals surface area contributed by atoms with Gasteiger partial charge >= 0.3 is 0 Å². The van der Waals surface area contributed by atoms with Crippen LogP contribution in [0.4, 0.5) is 0 Å². The fourth-order valence-corrected chi connectivity index (χ4v) is 2.03. The molecule has 0 saturated carbocycles. The molecule has 0 aromatic heterocycles. The molecule has 0 bridgehead atoms. The van der Waals surface area contributed by atoms with Crippen LogP contribution in [0.15, 0.2) is 61.0 Å². The number of rotatable bonds is 9. The molecule has 0 saturated heterocycles. The normalized spacial score (nSPS) is 15.2. The molecule has 11 heteroatoms. The summed E-state index contributed by atoms with van der Waals surface area (Å²) in [5.74, 6) is -1.72. The monoisotopic (exact) mass is 337 g/mol. The molecule has 1 aliphatic heterocycles. The standard InChI is InChI=1S/C13H15N5O6/c1-3-5-14-7-10(16(19)20)13-11(17(21)22)8-15(6-4-2)9-12(13)18(23)24/h3-4,7-9,13-14H,1-2,5-6H2/b10-7-. The zero-order valence-electron chi connectivity index (χ0n) is 12.5. The SMILES string of the molecule is C=CCN/C=C(/C1C([N+](=O)[O-])=CN(CC=C)C=C1[N+](=O)[O-])[N+](=O)[O-]. The average molecular weight is 337 g/mol. The van der Waals surface area contributed by atoms with Crippen LogP contribution in [0.1, 0.15) is 0 Å². The van der Waals surface area contributed by atoms with Crippen LogP contribution in [0.25, 0.3) is 0 Å². The summed E-state index contributed by atoms with van der Waals surface area (Å²) in [4.78, 5) is 32.4. The van der Waals surface area contributed by atoms with Gasteiger partial charge in [-0.2, -0.15) is 0 Å². The van der Waals surface area contributed by atoms with E-state index in [-0.39, 0.29) is 13.1 Å². The molecule has 0 aromatic rings. The summed E-state index contributed by atoms with van der Waals surface area (Å²) in [5, 5.41) is 36.4. The van der Waals surface area contributed by atoms with E-state index >= 15 is 0 Å². The quantitative estimate of drug-likeness (QED) is 0.286. The topological polar surface area (TPSA) is 145 Å². The summed E-state index contributed by atoms with van der Waals surface area (Å²) in [6.07, 6.45) is 5.74. The highest BCUT2D eigenvalue weighted by molar-refractivity contribution is 5.27. The molecule has 11 nitrogen and oxygen atoms in total. The second-order valence-corrected chi connectivity index (χ2v) is 4.56. The fourth-order valence-electron chi connectivity index (χ4n) is 2.03. The van der Waals surface area contributed by atoms with Crippen molar-refractivity contribution in [1.29, 1.82) is 0 Å². The van der Waals surface area contributed by atoms with Crippen LogP contribution < -0.4 is 5.32 Å². The Morgan fingerprint density at radius 3 is 2.04 bits per heavy atom. The molecule has 0 spiro atoms. The number of nitrogens with zero attached hydrogens (tertiary/aromatic N) is 4. The number of hydrogen-bond donors (Lipinski definition) is 1. The summed E-state index contributed by atoms with van der Waals surface area (Å²) >= 11 is 0. The molecule has 0 fully saturated rings. The lowest BCUT2D eigenvalue weighted by Gasteiger charge is -2.20. The van der Waals surface area contributed by atoms with E-state index in [1.807, 2.05) is 0 Å². The Hall–Kier alpha value is -3.50. The number of nitrogens with one attached hydrogen (secondary N) is 1. The predicted octanol–water partition coefficient (Wildman–Crippen LogP) is 1.23. The first-order valence-corrected chi connectivity index (χ1v) is 6.61. The molecule has 0 aromatic carbocycles. The van der Waals surface area contributed by atoms with Crippen molar-refractivity contribution in [3.05, 3.63) is 91.3 Å². The molecule has 0 aliphatic carbocycles. The van der Waals surface area contributed by atoms with Crippen LogP contribution >= 0.6 is 0 Å². The first-order valence-electron chi connectivity index (χ1n) is 6.61. The molecule has 128 valence electrons. The van der Waals surface area contributed by atoms with Crippen molar-refractivity contribution in [2.45, 2.75) is 0 Å². The minimum Gasteiger partial charge on any atom is -0.382 e. The summed E-state index contributed by atoms with van der Waals surface area (Å²) in [6.45, 7) is 7.09. The van der Waals surface area contributed by atoms with Crippen molar-refractivity contribution in [3.63, 3.8) is 0 Å². The van der Waals surface area contributed by atoms with Crippen molar-refractivity contribution in [1.82, 2.24) is 10.2 Å². The van der Waals surface area contributed by atoms with Crippen LogP contribution in [0.3, 0.4) is 0 Å². The molecule has 0 atom stereocenters. The molecule has 1 N–H and O–H groups in total. The van der Waals surface area contributed by atoms with Crippen LogP contribution in [0.5, 0.6) is 0 Å². The maximum Gasteiger partial charge on any atom is 0.287 e. The zero-order valence-corrected chi connectivity index (χ0v) is 12.5. The second-order valence-electron chi connectivity index (χ2n) is 4.56. The Bertz CT molecular complexity index is 612. The van der Waals surface area contributed by atoms with Crippen LogP contribution in [0.2, 0.25) is 0 Å². The van der Waals surface area contributed by atoms with Crippen molar-refractivity contribution < 1.29 is 14.8 Å². The van der Waals surface area contributed by atoms with E-state index in [2.05, 4.69) is 18.5 Å². The fraction of sp³-hybridized carbons (Fsp3) is 0.231. The van der Waals surface area contributed by atoms with E-state index < -0.39 is 37.8 Å². The van der Waals surface area contributed by atoms with Gasteiger partial charge in [0, 0.05) is 13.1 Å². The van der Waals surface area contributed by atoms with E-state index in [4.69, 9.17) is 0 Å². The molecular weight excluding hydrogens is 322 g/mol. The van der Waals surface area contributed by atoms with Gasteiger partial charge in [-0.25, -0.2) is 0 Å². The molecule has 1 aliphatic rings. The average Bonchev–Trinajstić information content (AvgIpc) is 2.51. The van der Waals surface area contributed by atoms with E-state index in [0.29, 0.717) is 0 Å². The molecule has 1 rings (SSSR count). The van der Waals surface area contributed by atoms with Crippen LogP contribution in [0, 0.1) is 36.3 Å². The Morgan fingerprint density at radius 1 is 1.12 bits per heavy atom. The lowest BCUT2D eigenvalue weighted by Crippen LogP contribution is -2.32. The van der Waals surface area contributed by atoms with Gasteiger partial charge in [-0.1, -0.05) is 12.2 Å². The number of nitro groups is 3. The third-order valence-electron chi connectivity index (χ3n) is 2.97. The maximum atomic E-state index is 11.3. The van der Waals surface area contributed by atoms with Gasteiger partial charge in [-0.05, 0) is 0 Å². The Morgan fingerprint density at radius 2 is 1.67 bits per heavy atom. The van der Waals surface area contributed by atoms with Crippen LogP contribution in [-0.2, 0) is 0 Å². The zero-order chi connectivity index (χ0) is 18.3. The Balaban J connectivity index is 3.45. The van der Waals surface area contributed by atoms with Gasteiger partial charge < -0.3 is 10.2 Å². The third kappa shape index (κ3) is 4.25. The molecule has 1 heterocycles. The van der Waals surface area contributed by atoms with Gasteiger partial charge in [0.1, 0.15) is 0 Å². The van der Waals surface area contributed by atoms with E-state index in [9.17, 15) is 30.3 Å². The highest BCUT2D eigenvalue weighted by Gasteiger charge is 2.48. The van der Waals surface area contributed by atoms with Crippen LogP contribution in [-0.4, -0.2) is 32.8 Å². The minimum absolute atomic E-state index is 0.0770. The highest BCUT2D eigenvalue weighted by atomic mass is 16.6. The van der Waals surface area contributed by atoms with E-state index in [1.165, 1.54) is 17.1 Å². The van der Waals surface area contributed by atoms with Gasteiger partial charge in [0.15, 0.2) is 0 Å². The summed E-state index contributed by atoms with van der Waals surface area (Å²) < 4.78 is 0. The second kappa shape index (κ2) is 8.22. The predicted molar refractivity (Wildman–Crippen MR) is 83.8 cm³/mol. The first kappa shape index (κ1) is 18.5. The first-order chi connectivity index (χ1) is 11.3. The van der Waals surface area contributed by atoms with Gasteiger partial charge in [-0.3, -0.25) is 30.3 Å². The van der Waals surface area contributed by atoms with Gasteiger partial charge in [0.05, 0.1) is 33.4 Å².